The van der Waals surface area contributed by atoms with Gasteiger partial charge in [0, 0.05) is 6.92 Å². The summed E-state index contributed by atoms with van der Waals surface area (Å²) in [6.07, 6.45) is 0. The van der Waals surface area contributed by atoms with Gasteiger partial charge in [-0.1, -0.05) is 5.16 Å². The molecule has 0 unspecified atom stereocenters. The molecule has 0 spiro atoms. The minimum atomic E-state index is -0.198. The van der Waals surface area contributed by atoms with Crippen LogP contribution < -0.4 is 0 Å². The Morgan fingerprint density at radius 2 is 1.83 bits per heavy atom. The van der Waals surface area contributed by atoms with E-state index in [4.69, 9.17) is 10.2 Å². The van der Waals surface area contributed by atoms with E-state index in [-0.39, 0.29) is 11.9 Å². The lowest BCUT2D eigenvalue weighted by molar-refractivity contribution is 0.321. The molecule has 68 valence electrons. The zero-order valence-electron chi connectivity index (χ0n) is 7.71. The van der Waals surface area contributed by atoms with Crippen molar-refractivity contribution in [3.8, 4) is 0 Å². The van der Waals surface area contributed by atoms with E-state index in [0.29, 0.717) is 0 Å². The largest absolute Gasteiger partial charge is 0.467 e. The fraction of sp³-hybridized carbons (Fsp3) is 0.571. The maximum atomic E-state index is 7.02. The smallest absolute Gasteiger partial charge is 0.311 e. The SMILES string of the molecule is COC(=N)N=C(C)ON=C(C)C. The van der Waals surface area contributed by atoms with Gasteiger partial charge in [0.05, 0.1) is 12.8 Å². The molecule has 1 N–H and O–H groups in total. The van der Waals surface area contributed by atoms with Crippen LogP contribution in [0.3, 0.4) is 0 Å². The number of amidine groups is 1. The number of aliphatic imine (C=N–C) groups is 1. The molecule has 0 aliphatic heterocycles. The summed E-state index contributed by atoms with van der Waals surface area (Å²) < 4.78 is 4.49. The monoisotopic (exact) mass is 171 g/mol. The highest BCUT2D eigenvalue weighted by Gasteiger charge is 1.94. The van der Waals surface area contributed by atoms with Gasteiger partial charge in [0.1, 0.15) is 0 Å². The number of methoxy groups -OCH3 is 1. The van der Waals surface area contributed by atoms with Crippen molar-refractivity contribution < 1.29 is 9.57 Å². The zero-order valence-corrected chi connectivity index (χ0v) is 7.71. The molecule has 0 heterocycles. The van der Waals surface area contributed by atoms with Crippen molar-refractivity contribution in [1.29, 1.82) is 5.41 Å². The molecule has 0 aromatic rings. The van der Waals surface area contributed by atoms with Crippen LogP contribution in [0.4, 0.5) is 0 Å². The quantitative estimate of drug-likeness (QED) is 0.368. The van der Waals surface area contributed by atoms with Gasteiger partial charge in [-0.25, -0.2) is 5.41 Å². The van der Waals surface area contributed by atoms with Crippen LogP contribution in [-0.2, 0) is 9.57 Å². The summed E-state index contributed by atoms with van der Waals surface area (Å²) in [4.78, 5) is 8.41. The second-order valence-corrected chi connectivity index (χ2v) is 2.27. The van der Waals surface area contributed by atoms with Crippen LogP contribution in [0.2, 0.25) is 0 Å². The van der Waals surface area contributed by atoms with Crippen LogP contribution in [0, 0.1) is 5.41 Å². The van der Waals surface area contributed by atoms with Gasteiger partial charge in [0.25, 0.3) is 0 Å². The molecular weight excluding hydrogens is 158 g/mol. The van der Waals surface area contributed by atoms with Crippen LogP contribution in [0.25, 0.3) is 0 Å². The highest BCUT2D eigenvalue weighted by Crippen LogP contribution is 1.87. The standard InChI is InChI=1S/C7H13N3O2/c1-5(2)10-12-6(3)9-7(8)11-4/h8H,1-4H3. The van der Waals surface area contributed by atoms with E-state index in [1.165, 1.54) is 7.11 Å². The van der Waals surface area contributed by atoms with Crippen LogP contribution in [0.1, 0.15) is 20.8 Å². The molecule has 0 aliphatic rings. The fourth-order valence-corrected chi connectivity index (χ4v) is 0.366. The van der Waals surface area contributed by atoms with E-state index in [1.807, 2.05) is 0 Å². The maximum absolute atomic E-state index is 7.02. The molecule has 0 saturated heterocycles. The first-order valence-electron chi connectivity index (χ1n) is 3.42. The molecule has 0 saturated carbocycles. The second kappa shape index (κ2) is 5.29. The van der Waals surface area contributed by atoms with Crippen molar-refractivity contribution in [3.05, 3.63) is 0 Å². The number of rotatable bonds is 1. The third-order valence-electron chi connectivity index (χ3n) is 0.813. The first-order chi connectivity index (χ1) is 5.56. The number of oxime groups is 1. The normalized spacial score (nSPS) is 10.5. The average Bonchev–Trinajstić information content (AvgIpc) is 2.00. The zero-order chi connectivity index (χ0) is 9.56. The Morgan fingerprint density at radius 3 is 2.25 bits per heavy atom. The second-order valence-electron chi connectivity index (χ2n) is 2.27. The topological polar surface area (TPSA) is 67.0 Å². The van der Waals surface area contributed by atoms with Crippen LogP contribution in [0.15, 0.2) is 10.1 Å². The molecule has 0 aromatic heterocycles. The lowest BCUT2D eigenvalue weighted by Crippen LogP contribution is -2.02. The Labute approximate surface area is 71.6 Å². The first-order valence-corrected chi connectivity index (χ1v) is 3.42. The Bertz CT molecular complexity index is 217. The van der Waals surface area contributed by atoms with Crippen molar-refractivity contribution in [3.63, 3.8) is 0 Å². The van der Waals surface area contributed by atoms with E-state index in [9.17, 15) is 0 Å². The molecule has 5 heteroatoms. The third-order valence-corrected chi connectivity index (χ3v) is 0.813. The molecule has 12 heavy (non-hydrogen) atoms. The van der Waals surface area contributed by atoms with E-state index < -0.39 is 0 Å². The van der Waals surface area contributed by atoms with Crippen LogP contribution in [-0.4, -0.2) is 24.7 Å². The molecular formula is C7H13N3O2. The highest BCUT2D eigenvalue weighted by atomic mass is 16.6. The van der Waals surface area contributed by atoms with Gasteiger partial charge in [0.2, 0.25) is 5.90 Å². The number of hydrogen-bond acceptors (Lipinski definition) is 4. The van der Waals surface area contributed by atoms with Crippen LogP contribution in [0.5, 0.6) is 0 Å². The average molecular weight is 171 g/mol. The van der Waals surface area contributed by atoms with E-state index in [1.54, 1.807) is 20.8 Å². The number of nitrogens with zero attached hydrogens (tertiary/aromatic N) is 2. The molecule has 0 rings (SSSR count). The van der Waals surface area contributed by atoms with Crippen molar-refractivity contribution in [2.24, 2.45) is 10.1 Å². The van der Waals surface area contributed by atoms with Gasteiger partial charge in [-0.15, -0.1) is 0 Å². The number of nitrogens with one attached hydrogen (secondary N) is 1. The minimum absolute atomic E-state index is 0.198. The summed E-state index contributed by atoms with van der Waals surface area (Å²) in [6.45, 7) is 5.20. The Hall–Kier alpha value is -1.39. The van der Waals surface area contributed by atoms with E-state index >= 15 is 0 Å². The van der Waals surface area contributed by atoms with Gasteiger partial charge in [-0.2, -0.15) is 4.99 Å². The predicted molar refractivity (Wildman–Crippen MR) is 47.7 cm³/mol. The van der Waals surface area contributed by atoms with Gasteiger partial charge in [0.15, 0.2) is 0 Å². The third kappa shape index (κ3) is 5.40. The summed E-state index contributed by atoms with van der Waals surface area (Å²) in [5, 5.41) is 10.7. The van der Waals surface area contributed by atoms with Crippen molar-refractivity contribution in [1.82, 2.24) is 0 Å². The lowest BCUT2D eigenvalue weighted by atomic mass is 10.5. The van der Waals surface area contributed by atoms with Gasteiger partial charge in [-0.3, -0.25) is 0 Å². The van der Waals surface area contributed by atoms with Crippen molar-refractivity contribution >= 4 is 17.6 Å². The molecule has 0 aliphatic carbocycles. The van der Waals surface area contributed by atoms with Gasteiger partial charge < -0.3 is 9.57 Å². The molecule has 0 bridgehead atoms. The molecule has 0 fully saturated rings. The van der Waals surface area contributed by atoms with Gasteiger partial charge in [-0.05, 0) is 13.8 Å². The molecule has 0 atom stereocenters. The summed E-state index contributed by atoms with van der Waals surface area (Å²) in [5.41, 5.74) is 0.786. The van der Waals surface area contributed by atoms with E-state index in [0.717, 1.165) is 5.71 Å². The maximum Gasteiger partial charge on any atom is 0.311 e. The van der Waals surface area contributed by atoms with Crippen LogP contribution >= 0.6 is 0 Å². The summed E-state index contributed by atoms with van der Waals surface area (Å²) in [6, 6.07) is -0.198. The van der Waals surface area contributed by atoms with E-state index in [2.05, 4.69) is 14.9 Å². The number of ether oxygens (including phenoxy) is 1. The lowest BCUT2D eigenvalue weighted by Gasteiger charge is -1.97. The Balaban J connectivity index is 4.03. The molecule has 0 radical (unpaired) electrons. The Morgan fingerprint density at radius 1 is 1.25 bits per heavy atom. The summed E-state index contributed by atoms with van der Waals surface area (Å²) >= 11 is 0. The molecule has 5 nitrogen and oxygen atoms in total. The molecule has 0 amide bonds. The van der Waals surface area contributed by atoms with Gasteiger partial charge >= 0.3 is 6.02 Å². The summed E-state index contributed by atoms with van der Waals surface area (Å²) in [5.74, 6) is 0.281. The molecule has 0 aromatic carbocycles. The van der Waals surface area contributed by atoms with Crippen molar-refractivity contribution in [2.75, 3.05) is 7.11 Å². The minimum Gasteiger partial charge on any atom is -0.467 e. The number of hydrogen-bond donors (Lipinski definition) is 1. The first kappa shape index (κ1) is 10.6. The Kier molecular flexibility index (Phi) is 4.67. The van der Waals surface area contributed by atoms with Crippen molar-refractivity contribution in [2.45, 2.75) is 20.8 Å². The fourth-order valence-electron chi connectivity index (χ4n) is 0.366. The predicted octanol–water partition coefficient (Wildman–Crippen LogP) is 1.40. The summed E-state index contributed by atoms with van der Waals surface area (Å²) in [7, 11) is 1.37. The highest BCUT2D eigenvalue weighted by molar-refractivity contribution is 5.88.